The summed E-state index contributed by atoms with van der Waals surface area (Å²) >= 11 is 0. The SMILES string of the molecule is c1ccc2c(c1)Cc1cc3c(cc1-2)c1cc2ccccc2n1c1c2c(ccc31)-c1ccccc1C2. The molecule has 0 spiro atoms. The van der Waals surface area contributed by atoms with E-state index in [1.54, 1.807) is 0 Å². The second kappa shape index (κ2) is 6.20. The number of hydrogen-bond acceptors (Lipinski definition) is 0. The van der Waals surface area contributed by atoms with Crippen LogP contribution < -0.4 is 0 Å². The highest BCUT2D eigenvalue weighted by Gasteiger charge is 2.25. The van der Waals surface area contributed by atoms with Crippen LogP contribution in [0.3, 0.4) is 0 Å². The molecule has 0 bridgehead atoms. The number of benzene rings is 5. The van der Waals surface area contributed by atoms with Gasteiger partial charge in [-0.3, -0.25) is 0 Å². The first-order valence-corrected chi connectivity index (χ1v) is 12.5. The highest BCUT2D eigenvalue weighted by atomic mass is 14.9. The van der Waals surface area contributed by atoms with Crippen molar-refractivity contribution in [1.82, 2.24) is 4.40 Å². The van der Waals surface area contributed by atoms with Gasteiger partial charge in [-0.2, -0.15) is 0 Å². The first-order chi connectivity index (χ1) is 17.3. The van der Waals surface area contributed by atoms with Crippen LogP contribution in [-0.4, -0.2) is 4.40 Å². The van der Waals surface area contributed by atoms with Crippen LogP contribution in [-0.2, 0) is 12.8 Å². The van der Waals surface area contributed by atoms with Crippen molar-refractivity contribution in [3.05, 3.63) is 125 Å². The van der Waals surface area contributed by atoms with Gasteiger partial charge in [-0.05, 0) is 80.6 Å². The molecule has 162 valence electrons. The Labute approximate surface area is 202 Å². The molecule has 0 unspecified atom stereocenters. The van der Waals surface area contributed by atoms with E-state index in [0.717, 1.165) is 12.8 Å². The summed E-state index contributed by atoms with van der Waals surface area (Å²) in [5.41, 5.74) is 15.3. The van der Waals surface area contributed by atoms with Gasteiger partial charge >= 0.3 is 0 Å². The first-order valence-electron chi connectivity index (χ1n) is 12.5. The Balaban J connectivity index is 1.51. The van der Waals surface area contributed by atoms with Gasteiger partial charge in [0.15, 0.2) is 0 Å². The summed E-state index contributed by atoms with van der Waals surface area (Å²) in [7, 11) is 0. The molecule has 2 aromatic heterocycles. The fraction of sp³-hybridized carbons (Fsp3) is 0.0588. The summed E-state index contributed by atoms with van der Waals surface area (Å²) in [5.74, 6) is 0. The van der Waals surface area contributed by atoms with E-state index in [2.05, 4.69) is 108 Å². The average molecular weight is 444 g/mol. The lowest BCUT2D eigenvalue weighted by molar-refractivity contribution is 1.24. The summed E-state index contributed by atoms with van der Waals surface area (Å²) in [4.78, 5) is 0. The van der Waals surface area contributed by atoms with Crippen LogP contribution in [0.5, 0.6) is 0 Å². The van der Waals surface area contributed by atoms with E-state index in [0.29, 0.717) is 0 Å². The van der Waals surface area contributed by atoms with Crippen LogP contribution in [0.25, 0.3) is 60.3 Å². The predicted molar refractivity (Wildman–Crippen MR) is 146 cm³/mol. The van der Waals surface area contributed by atoms with Crippen molar-refractivity contribution in [2.75, 3.05) is 0 Å². The number of nitrogens with zero attached hydrogens (tertiary/aromatic N) is 1. The number of hydrogen-bond donors (Lipinski definition) is 0. The van der Waals surface area contributed by atoms with Crippen LogP contribution >= 0.6 is 0 Å². The fourth-order valence-corrected chi connectivity index (χ4v) is 6.88. The Bertz CT molecular complexity index is 2050. The zero-order valence-corrected chi connectivity index (χ0v) is 19.2. The lowest BCUT2D eigenvalue weighted by Gasteiger charge is -2.15. The topological polar surface area (TPSA) is 4.41 Å². The molecular weight excluding hydrogens is 422 g/mol. The van der Waals surface area contributed by atoms with Crippen LogP contribution in [0, 0.1) is 0 Å². The molecule has 0 saturated carbocycles. The number of rotatable bonds is 0. The summed E-state index contributed by atoms with van der Waals surface area (Å²) in [5, 5.41) is 5.38. The largest absolute Gasteiger partial charge is 0.308 e. The molecule has 1 nitrogen and oxygen atoms in total. The molecule has 0 aliphatic heterocycles. The Kier molecular flexibility index (Phi) is 3.19. The van der Waals surface area contributed by atoms with Gasteiger partial charge < -0.3 is 4.40 Å². The normalized spacial score (nSPS) is 13.5. The number of pyridine rings is 1. The summed E-state index contributed by atoms with van der Waals surface area (Å²) in [6, 6.07) is 38.7. The number of fused-ring (bicyclic) bond motifs is 15. The summed E-state index contributed by atoms with van der Waals surface area (Å²) < 4.78 is 2.55. The van der Waals surface area contributed by atoms with Crippen LogP contribution in [0.15, 0.2) is 103 Å². The van der Waals surface area contributed by atoms with Crippen LogP contribution in [0.1, 0.15) is 22.3 Å². The van der Waals surface area contributed by atoms with Gasteiger partial charge in [-0.25, -0.2) is 0 Å². The van der Waals surface area contributed by atoms with E-state index >= 15 is 0 Å². The second-order valence-electron chi connectivity index (χ2n) is 10.1. The molecule has 2 heterocycles. The van der Waals surface area contributed by atoms with Crippen molar-refractivity contribution in [3.63, 3.8) is 0 Å². The summed E-state index contributed by atoms with van der Waals surface area (Å²) in [6.45, 7) is 0. The third-order valence-corrected chi connectivity index (χ3v) is 8.39. The molecule has 1 heteroatoms. The van der Waals surface area contributed by atoms with E-state index < -0.39 is 0 Å². The van der Waals surface area contributed by atoms with E-state index in [4.69, 9.17) is 0 Å². The highest BCUT2D eigenvalue weighted by Crippen LogP contribution is 2.46. The molecule has 0 fully saturated rings. The van der Waals surface area contributed by atoms with Gasteiger partial charge in [0, 0.05) is 22.6 Å². The van der Waals surface area contributed by atoms with Gasteiger partial charge in [-0.15, -0.1) is 0 Å². The first kappa shape index (κ1) is 18.0. The van der Waals surface area contributed by atoms with E-state index in [1.807, 2.05) is 0 Å². The lowest BCUT2D eigenvalue weighted by atomic mass is 9.95. The van der Waals surface area contributed by atoms with Gasteiger partial charge in [0.1, 0.15) is 0 Å². The maximum absolute atomic E-state index is 2.55. The standard InChI is InChI=1S/C34H21N/c1-5-11-25-20(7-1)15-23-17-29-27-14-13-26-24-10-4-2-8-21(24)16-31(26)34(27)35-32-12-6-3-9-22(32)18-33(35)30(29)19-28(23)25/h1-14,17-19H,15-16H2. The van der Waals surface area contributed by atoms with Gasteiger partial charge in [0.05, 0.1) is 16.6 Å². The zero-order valence-electron chi connectivity index (χ0n) is 19.2. The smallest absolute Gasteiger partial charge is 0.0582 e. The minimum Gasteiger partial charge on any atom is -0.308 e. The highest BCUT2D eigenvalue weighted by molar-refractivity contribution is 6.18. The molecule has 0 saturated heterocycles. The quantitative estimate of drug-likeness (QED) is 0.207. The third kappa shape index (κ3) is 2.19. The van der Waals surface area contributed by atoms with Crippen molar-refractivity contribution < 1.29 is 0 Å². The molecule has 2 aliphatic carbocycles. The number of aromatic nitrogens is 1. The van der Waals surface area contributed by atoms with Crippen molar-refractivity contribution in [3.8, 4) is 22.3 Å². The minimum absolute atomic E-state index is 0.992. The molecule has 35 heavy (non-hydrogen) atoms. The molecule has 2 aliphatic rings. The van der Waals surface area contributed by atoms with E-state index in [9.17, 15) is 0 Å². The summed E-state index contributed by atoms with van der Waals surface area (Å²) in [6.07, 6.45) is 2.01. The van der Waals surface area contributed by atoms with Crippen LogP contribution in [0.2, 0.25) is 0 Å². The Hall–Kier alpha value is -4.36. The van der Waals surface area contributed by atoms with Crippen molar-refractivity contribution >= 4 is 38.1 Å². The van der Waals surface area contributed by atoms with Gasteiger partial charge in [-0.1, -0.05) is 78.9 Å². The molecule has 0 amide bonds. The molecule has 0 radical (unpaired) electrons. The van der Waals surface area contributed by atoms with E-state index in [-0.39, 0.29) is 0 Å². The number of para-hydroxylation sites is 1. The Morgan fingerprint density at radius 1 is 0.457 bits per heavy atom. The maximum atomic E-state index is 2.55. The maximum Gasteiger partial charge on any atom is 0.0582 e. The fourth-order valence-electron chi connectivity index (χ4n) is 6.88. The second-order valence-corrected chi connectivity index (χ2v) is 10.1. The van der Waals surface area contributed by atoms with Gasteiger partial charge in [0.25, 0.3) is 0 Å². The minimum atomic E-state index is 0.992. The molecule has 5 aromatic carbocycles. The molecule has 9 rings (SSSR count). The third-order valence-electron chi connectivity index (χ3n) is 8.39. The molecular formula is C34H21N. The predicted octanol–water partition coefficient (Wildman–Crippen LogP) is 8.54. The van der Waals surface area contributed by atoms with Gasteiger partial charge in [0.2, 0.25) is 0 Å². The molecule has 0 N–H and O–H groups in total. The Morgan fingerprint density at radius 2 is 1.20 bits per heavy atom. The van der Waals surface area contributed by atoms with Crippen molar-refractivity contribution in [1.29, 1.82) is 0 Å². The van der Waals surface area contributed by atoms with Crippen molar-refractivity contribution in [2.45, 2.75) is 12.8 Å². The molecule has 0 atom stereocenters. The zero-order chi connectivity index (χ0) is 22.7. The van der Waals surface area contributed by atoms with Crippen molar-refractivity contribution in [2.24, 2.45) is 0 Å². The monoisotopic (exact) mass is 443 g/mol. The average Bonchev–Trinajstić information content (AvgIpc) is 3.58. The Morgan fingerprint density at radius 3 is 2.09 bits per heavy atom. The lowest BCUT2D eigenvalue weighted by Crippen LogP contribution is -1.96. The van der Waals surface area contributed by atoms with Crippen LogP contribution in [0.4, 0.5) is 0 Å². The molecule has 7 aromatic rings. The van der Waals surface area contributed by atoms with E-state index in [1.165, 1.54) is 82.6 Å².